The van der Waals surface area contributed by atoms with Crippen molar-refractivity contribution in [1.29, 1.82) is 0 Å². The highest BCUT2D eigenvalue weighted by Gasteiger charge is 2.07. The van der Waals surface area contributed by atoms with Gasteiger partial charge in [0.15, 0.2) is 0 Å². The fourth-order valence-electron chi connectivity index (χ4n) is 1.44. The molecule has 1 aromatic carbocycles. The van der Waals surface area contributed by atoms with Gasteiger partial charge in [-0.3, -0.25) is 0 Å². The number of hydrogen-bond acceptors (Lipinski definition) is 2. The van der Waals surface area contributed by atoms with Gasteiger partial charge in [0.1, 0.15) is 0 Å². The molecule has 0 aliphatic rings. The monoisotopic (exact) mass is 377 g/mol. The largest absolute Gasteiger partial charge is 0.378 e. The van der Waals surface area contributed by atoms with Gasteiger partial charge in [-0.1, -0.05) is 11.6 Å². The van der Waals surface area contributed by atoms with Crippen molar-refractivity contribution in [2.75, 3.05) is 5.32 Å². The zero-order valence-corrected chi connectivity index (χ0v) is 13.0. The topological polar surface area (TPSA) is 29.9 Å². The zero-order valence-electron chi connectivity index (χ0n) is 9.04. The molecule has 17 heavy (non-hydrogen) atoms. The van der Waals surface area contributed by atoms with Crippen LogP contribution in [0, 0.1) is 0 Å². The highest BCUT2D eigenvalue weighted by Crippen LogP contribution is 2.34. The maximum Gasteiger partial charge on any atom is 0.0946 e. The Morgan fingerprint density at radius 2 is 2.00 bits per heavy atom. The molecule has 0 unspecified atom stereocenters. The van der Waals surface area contributed by atoms with E-state index in [1.807, 2.05) is 29.9 Å². The van der Waals surface area contributed by atoms with Crippen LogP contribution in [0.3, 0.4) is 0 Å². The van der Waals surface area contributed by atoms with E-state index in [1.54, 1.807) is 6.33 Å². The van der Waals surface area contributed by atoms with Crippen molar-refractivity contribution in [3.05, 3.63) is 44.3 Å². The third-order valence-electron chi connectivity index (χ3n) is 2.37. The minimum Gasteiger partial charge on any atom is -0.378 e. The molecule has 2 rings (SSSR count). The molecule has 0 saturated carbocycles. The van der Waals surface area contributed by atoms with Gasteiger partial charge in [-0.25, -0.2) is 4.98 Å². The number of hydrogen-bond donors (Lipinski definition) is 1. The lowest BCUT2D eigenvalue weighted by atomic mass is 10.3. The number of nitrogens with one attached hydrogen (secondary N) is 1. The second-order valence-corrected chi connectivity index (χ2v) is 5.74. The maximum atomic E-state index is 5.95. The normalized spacial score (nSPS) is 10.6. The first kappa shape index (κ1) is 12.9. The Labute approximate surface area is 121 Å². The van der Waals surface area contributed by atoms with Crippen LogP contribution in [-0.4, -0.2) is 9.55 Å². The molecule has 0 aliphatic heterocycles. The van der Waals surface area contributed by atoms with Gasteiger partial charge in [-0.05, 0) is 44.0 Å². The number of nitrogens with zero attached hydrogens (tertiary/aromatic N) is 2. The van der Waals surface area contributed by atoms with E-state index in [0.29, 0.717) is 11.6 Å². The molecule has 0 amide bonds. The first-order valence-corrected chi connectivity index (χ1v) is 6.88. The molecule has 2 aromatic rings. The van der Waals surface area contributed by atoms with E-state index in [-0.39, 0.29) is 0 Å². The standard InChI is InChI=1S/C11H10Br2ClN3/c1-17-6-15-4-8(17)5-16-11-9(12)2-7(14)3-10(11)13/h2-4,6,16H,5H2,1H3. The molecule has 0 radical (unpaired) electrons. The molecule has 3 nitrogen and oxygen atoms in total. The number of rotatable bonds is 3. The molecule has 0 aliphatic carbocycles. The molecule has 1 aromatic heterocycles. The van der Waals surface area contributed by atoms with Crippen LogP contribution in [0.1, 0.15) is 5.69 Å². The van der Waals surface area contributed by atoms with Crippen molar-refractivity contribution in [2.45, 2.75) is 6.54 Å². The van der Waals surface area contributed by atoms with Gasteiger partial charge in [0.2, 0.25) is 0 Å². The SMILES string of the molecule is Cn1cncc1CNc1c(Br)cc(Cl)cc1Br. The Morgan fingerprint density at radius 3 is 2.53 bits per heavy atom. The van der Waals surface area contributed by atoms with E-state index >= 15 is 0 Å². The Bertz CT molecular complexity index is 516. The van der Waals surface area contributed by atoms with E-state index in [0.717, 1.165) is 20.3 Å². The van der Waals surface area contributed by atoms with Gasteiger partial charge in [0, 0.05) is 27.2 Å². The molecule has 90 valence electrons. The third kappa shape index (κ3) is 3.03. The van der Waals surface area contributed by atoms with Crippen LogP contribution in [0.25, 0.3) is 0 Å². The predicted molar refractivity (Wildman–Crippen MR) is 77.4 cm³/mol. The summed E-state index contributed by atoms with van der Waals surface area (Å²) in [6.07, 6.45) is 3.62. The summed E-state index contributed by atoms with van der Waals surface area (Å²) >= 11 is 12.9. The van der Waals surface area contributed by atoms with Crippen LogP contribution in [0.15, 0.2) is 33.6 Å². The molecule has 1 N–H and O–H groups in total. The third-order valence-corrected chi connectivity index (χ3v) is 3.84. The van der Waals surface area contributed by atoms with E-state index in [2.05, 4.69) is 42.2 Å². The Balaban J connectivity index is 2.17. The second-order valence-electron chi connectivity index (χ2n) is 3.59. The van der Waals surface area contributed by atoms with Crippen molar-refractivity contribution in [3.8, 4) is 0 Å². The molecular formula is C11H10Br2ClN3. The molecule has 0 spiro atoms. The van der Waals surface area contributed by atoms with Crippen LogP contribution < -0.4 is 5.32 Å². The molecular weight excluding hydrogens is 369 g/mol. The van der Waals surface area contributed by atoms with Gasteiger partial charge < -0.3 is 9.88 Å². The lowest BCUT2D eigenvalue weighted by molar-refractivity contribution is 0.837. The van der Waals surface area contributed by atoms with Crippen LogP contribution in [0.2, 0.25) is 5.02 Å². The minimum atomic E-state index is 0.690. The van der Waals surface area contributed by atoms with Gasteiger partial charge in [-0.2, -0.15) is 0 Å². The van der Waals surface area contributed by atoms with Crippen molar-refractivity contribution >= 4 is 49.1 Å². The zero-order chi connectivity index (χ0) is 12.4. The van der Waals surface area contributed by atoms with E-state index in [4.69, 9.17) is 11.6 Å². The average molecular weight is 379 g/mol. The summed E-state index contributed by atoms with van der Waals surface area (Å²) in [4.78, 5) is 4.07. The molecule has 6 heteroatoms. The molecule has 0 atom stereocenters. The van der Waals surface area contributed by atoms with Crippen molar-refractivity contribution in [3.63, 3.8) is 0 Å². The fourth-order valence-corrected chi connectivity index (χ4v) is 3.39. The van der Waals surface area contributed by atoms with Crippen molar-refractivity contribution < 1.29 is 0 Å². The first-order valence-electron chi connectivity index (χ1n) is 4.91. The summed E-state index contributed by atoms with van der Waals surface area (Å²) in [5.74, 6) is 0. The fraction of sp³-hybridized carbons (Fsp3) is 0.182. The summed E-state index contributed by atoms with van der Waals surface area (Å²) < 4.78 is 3.84. The van der Waals surface area contributed by atoms with Crippen LogP contribution in [0.5, 0.6) is 0 Å². The van der Waals surface area contributed by atoms with Gasteiger partial charge >= 0.3 is 0 Å². The number of anilines is 1. The summed E-state index contributed by atoms with van der Waals surface area (Å²) in [7, 11) is 1.97. The highest BCUT2D eigenvalue weighted by molar-refractivity contribution is 9.11. The maximum absolute atomic E-state index is 5.95. The summed E-state index contributed by atoms with van der Waals surface area (Å²) in [6, 6.07) is 3.72. The highest BCUT2D eigenvalue weighted by atomic mass is 79.9. The lowest BCUT2D eigenvalue weighted by Gasteiger charge is -2.11. The number of imidazole rings is 1. The van der Waals surface area contributed by atoms with Crippen LogP contribution in [-0.2, 0) is 13.6 Å². The molecule has 0 saturated heterocycles. The predicted octanol–water partition coefficient (Wildman–Crippen LogP) is 4.21. The van der Waals surface area contributed by atoms with Crippen LogP contribution >= 0.6 is 43.5 Å². The van der Waals surface area contributed by atoms with E-state index in [1.165, 1.54) is 0 Å². The van der Waals surface area contributed by atoms with Crippen molar-refractivity contribution in [1.82, 2.24) is 9.55 Å². The molecule has 1 heterocycles. The minimum absolute atomic E-state index is 0.690. The smallest absolute Gasteiger partial charge is 0.0946 e. The number of benzene rings is 1. The Hall–Kier alpha value is -0.520. The molecule has 0 bridgehead atoms. The summed E-state index contributed by atoms with van der Waals surface area (Å²) in [5, 5.41) is 4.03. The lowest BCUT2D eigenvalue weighted by Crippen LogP contribution is -2.04. The van der Waals surface area contributed by atoms with E-state index in [9.17, 15) is 0 Å². The van der Waals surface area contributed by atoms with Crippen molar-refractivity contribution in [2.24, 2.45) is 7.05 Å². The summed E-state index contributed by atoms with van der Waals surface area (Å²) in [5.41, 5.74) is 2.09. The number of halogens is 3. The van der Waals surface area contributed by atoms with Gasteiger partial charge in [-0.15, -0.1) is 0 Å². The average Bonchev–Trinajstić information content (AvgIpc) is 2.62. The molecule has 0 fully saturated rings. The number of aryl methyl sites for hydroxylation is 1. The quantitative estimate of drug-likeness (QED) is 0.866. The Kier molecular flexibility index (Phi) is 4.12. The van der Waals surface area contributed by atoms with Gasteiger partial charge in [0.25, 0.3) is 0 Å². The summed E-state index contributed by atoms with van der Waals surface area (Å²) in [6.45, 7) is 0.704. The Morgan fingerprint density at radius 1 is 1.35 bits per heavy atom. The van der Waals surface area contributed by atoms with E-state index < -0.39 is 0 Å². The number of aromatic nitrogens is 2. The van der Waals surface area contributed by atoms with Crippen LogP contribution in [0.4, 0.5) is 5.69 Å². The first-order chi connectivity index (χ1) is 8.08. The van der Waals surface area contributed by atoms with Gasteiger partial charge in [0.05, 0.1) is 24.3 Å². The second kappa shape index (κ2) is 5.42.